The number of nitrogens with one attached hydrogen (secondary N) is 2. The topological polar surface area (TPSA) is 106 Å². The van der Waals surface area contributed by atoms with Gasteiger partial charge in [-0.25, -0.2) is 5.84 Å². The van der Waals surface area contributed by atoms with Gasteiger partial charge in [0.2, 0.25) is 5.91 Å². The van der Waals surface area contributed by atoms with Gasteiger partial charge in [0.25, 0.3) is 0 Å². The number of hydrogen-bond acceptors (Lipinski definition) is 4. The van der Waals surface area contributed by atoms with Gasteiger partial charge in [-0.3, -0.25) is 4.79 Å². The summed E-state index contributed by atoms with van der Waals surface area (Å²) in [6.07, 6.45) is 0. The van der Waals surface area contributed by atoms with E-state index in [2.05, 4.69) is 15.8 Å². The van der Waals surface area contributed by atoms with Crippen LogP contribution in [-0.2, 0) is 4.79 Å². The van der Waals surface area contributed by atoms with Crippen LogP contribution in [0.25, 0.3) is 0 Å². The Bertz CT molecular complexity index is 371. The van der Waals surface area contributed by atoms with E-state index in [-0.39, 0.29) is 5.91 Å². The minimum Gasteiger partial charge on any atom is -0.326 e. The zero-order valence-corrected chi connectivity index (χ0v) is 8.32. The first-order valence-corrected chi connectivity index (χ1v) is 4.30. The summed E-state index contributed by atoms with van der Waals surface area (Å²) < 4.78 is 0. The number of amides is 1. The maximum Gasteiger partial charge on any atom is 0.221 e. The largest absolute Gasteiger partial charge is 0.326 e. The van der Waals surface area contributed by atoms with Gasteiger partial charge in [0, 0.05) is 18.2 Å². The van der Waals surface area contributed by atoms with Crippen molar-refractivity contribution in [1.82, 2.24) is 5.43 Å². The quantitative estimate of drug-likeness (QED) is 0.232. The van der Waals surface area contributed by atoms with E-state index in [0.717, 1.165) is 5.56 Å². The van der Waals surface area contributed by atoms with Crippen molar-refractivity contribution in [1.29, 1.82) is 0 Å². The second-order valence-electron chi connectivity index (χ2n) is 2.88. The van der Waals surface area contributed by atoms with Gasteiger partial charge in [0.15, 0.2) is 5.84 Å². The van der Waals surface area contributed by atoms with Gasteiger partial charge in [-0.15, -0.1) is 0 Å². The summed E-state index contributed by atoms with van der Waals surface area (Å²) >= 11 is 0. The summed E-state index contributed by atoms with van der Waals surface area (Å²) in [5.74, 6) is 10.6. The molecule has 0 aliphatic heterocycles. The molecule has 80 valence electrons. The van der Waals surface area contributed by atoms with Crippen LogP contribution in [0.5, 0.6) is 0 Å². The molecule has 6 N–H and O–H groups in total. The molecule has 0 saturated heterocycles. The molecule has 6 nitrogen and oxygen atoms in total. The molecule has 0 saturated carbocycles. The number of nitrogens with two attached hydrogens (primary N) is 2. The number of carbonyl (C=O) groups excluding carboxylic acids is 1. The third kappa shape index (κ3) is 2.96. The van der Waals surface area contributed by atoms with Crippen molar-refractivity contribution in [3.8, 4) is 0 Å². The minimum absolute atomic E-state index is 0.118. The predicted molar refractivity (Wildman–Crippen MR) is 58.8 cm³/mol. The molecule has 1 aromatic rings. The number of amidine groups is 1. The van der Waals surface area contributed by atoms with Crippen LogP contribution in [0.4, 0.5) is 5.69 Å². The number of hydrazine groups is 1. The van der Waals surface area contributed by atoms with Gasteiger partial charge in [0.1, 0.15) is 0 Å². The number of hydrazone groups is 1. The third-order valence-electron chi connectivity index (χ3n) is 1.74. The van der Waals surface area contributed by atoms with Gasteiger partial charge in [-0.1, -0.05) is 0 Å². The van der Waals surface area contributed by atoms with E-state index in [9.17, 15) is 4.79 Å². The van der Waals surface area contributed by atoms with E-state index in [1.807, 2.05) is 0 Å². The number of anilines is 1. The Balaban J connectivity index is 2.85. The fourth-order valence-electron chi connectivity index (χ4n) is 1.11. The van der Waals surface area contributed by atoms with E-state index in [1.54, 1.807) is 24.3 Å². The molecular formula is C9H13N5O. The first kappa shape index (κ1) is 11.0. The van der Waals surface area contributed by atoms with Gasteiger partial charge in [-0.05, 0) is 24.3 Å². The highest BCUT2D eigenvalue weighted by Crippen LogP contribution is 2.09. The molecule has 1 aromatic carbocycles. The minimum atomic E-state index is -0.118. The van der Waals surface area contributed by atoms with Gasteiger partial charge in [0.05, 0.1) is 0 Å². The van der Waals surface area contributed by atoms with Crippen molar-refractivity contribution in [2.24, 2.45) is 16.8 Å². The van der Waals surface area contributed by atoms with Gasteiger partial charge < -0.3 is 16.6 Å². The average molecular weight is 207 g/mol. The number of benzene rings is 1. The Morgan fingerprint density at radius 3 is 2.33 bits per heavy atom. The lowest BCUT2D eigenvalue weighted by Crippen LogP contribution is -2.31. The third-order valence-corrected chi connectivity index (χ3v) is 1.74. The molecule has 15 heavy (non-hydrogen) atoms. The van der Waals surface area contributed by atoms with E-state index in [1.165, 1.54) is 6.92 Å². The molecule has 0 spiro atoms. The Hall–Kier alpha value is -2.08. The zero-order chi connectivity index (χ0) is 11.3. The lowest BCUT2D eigenvalue weighted by atomic mass is 10.2. The lowest BCUT2D eigenvalue weighted by molar-refractivity contribution is -0.114. The first-order valence-electron chi connectivity index (χ1n) is 4.30. The molecule has 1 amide bonds. The van der Waals surface area contributed by atoms with Crippen LogP contribution in [-0.4, -0.2) is 11.7 Å². The Morgan fingerprint density at radius 2 is 1.93 bits per heavy atom. The van der Waals surface area contributed by atoms with Crippen LogP contribution in [0.1, 0.15) is 12.5 Å². The van der Waals surface area contributed by atoms with Crippen LogP contribution >= 0.6 is 0 Å². The van der Waals surface area contributed by atoms with E-state index >= 15 is 0 Å². The molecule has 0 radical (unpaired) electrons. The SMILES string of the molecule is CC(=O)Nc1ccc(/C(=N/N)NN)cc1. The monoisotopic (exact) mass is 207 g/mol. The number of carbonyl (C=O) groups is 1. The van der Waals surface area contributed by atoms with Crippen molar-refractivity contribution in [3.63, 3.8) is 0 Å². The molecule has 0 aliphatic carbocycles. The molecule has 1 rings (SSSR count). The fourth-order valence-corrected chi connectivity index (χ4v) is 1.11. The van der Waals surface area contributed by atoms with Crippen molar-refractivity contribution in [3.05, 3.63) is 29.8 Å². The van der Waals surface area contributed by atoms with Crippen molar-refractivity contribution in [2.45, 2.75) is 6.92 Å². The summed E-state index contributed by atoms with van der Waals surface area (Å²) in [7, 11) is 0. The molecular weight excluding hydrogens is 194 g/mol. The summed E-state index contributed by atoms with van der Waals surface area (Å²) in [6.45, 7) is 1.45. The molecule has 0 aliphatic rings. The van der Waals surface area contributed by atoms with E-state index in [4.69, 9.17) is 11.7 Å². The molecule has 0 aromatic heterocycles. The summed E-state index contributed by atoms with van der Waals surface area (Å²) in [5, 5.41) is 6.11. The Kier molecular flexibility index (Phi) is 3.64. The van der Waals surface area contributed by atoms with Crippen LogP contribution < -0.4 is 22.4 Å². The standard InChI is InChI=1S/C9H13N5O/c1-6(15)12-8-4-2-7(3-5-8)9(13-10)14-11/h2-5H,10-11H2,1H3,(H,12,15)(H,13,14). The number of hydrogen-bond donors (Lipinski definition) is 4. The average Bonchev–Trinajstić information content (AvgIpc) is 2.21. The molecule has 0 fully saturated rings. The van der Waals surface area contributed by atoms with Gasteiger partial charge in [-0.2, -0.15) is 5.10 Å². The fraction of sp³-hybridized carbons (Fsp3) is 0.111. The van der Waals surface area contributed by atoms with Gasteiger partial charge >= 0.3 is 0 Å². The highest BCUT2D eigenvalue weighted by atomic mass is 16.1. The lowest BCUT2D eigenvalue weighted by Gasteiger charge is -2.05. The molecule has 0 bridgehead atoms. The Labute approximate surface area is 87.3 Å². The summed E-state index contributed by atoms with van der Waals surface area (Å²) in [5.41, 5.74) is 3.82. The van der Waals surface area contributed by atoms with Crippen LogP contribution in [0.2, 0.25) is 0 Å². The normalized spacial score (nSPS) is 10.9. The van der Waals surface area contributed by atoms with Crippen LogP contribution in [0, 0.1) is 0 Å². The summed E-state index contributed by atoms with van der Waals surface area (Å²) in [6, 6.07) is 6.96. The van der Waals surface area contributed by atoms with Crippen LogP contribution in [0.3, 0.4) is 0 Å². The molecule has 0 heterocycles. The maximum absolute atomic E-state index is 10.8. The smallest absolute Gasteiger partial charge is 0.221 e. The number of nitrogens with zero attached hydrogens (tertiary/aromatic N) is 1. The maximum atomic E-state index is 10.8. The van der Waals surface area contributed by atoms with Crippen molar-refractivity contribution >= 4 is 17.4 Å². The highest BCUT2D eigenvalue weighted by Gasteiger charge is 2.01. The van der Waals surface area contributed by atoms with E-state index < -0.39 is 0 Å². The molecule has 0 unspecified atom stereocenters. The molecule has 6 heteroatoms. The van der Waals surface area contributed by atoms with Crippen molar-refractivity contribution in [2.75, 3.05) is 5.32 Å². The second kappa shape index (κ2) is 4.97. The first-order chi connectivity index (χ1) is 7.17. The van der Waals surface area contributed by atoms with Crippen molar-refractivity contribution < 1.29 is 4.79 Å². The molecule has 0 atom stereocenters. The van der Waals surface area contributed by atoms with Crippen LogP contribution in [0.15, 0.2) is 29.4 Å². The number of rotatable bonds is 2. The Morgan fingerprint density at radius 1 is 1.33 bits per heavy atom. The zero-order valence-electron chi connectivity index (χ0n) is 8.32. The van der Waals surface area contributed by atoms with E-state index in [0.29, 0.717) is 11.5 Å². The highest BCUT2D eigenvalue weighted by molar-refractivity contribution is 5.98. The summed E-state index contributed by atoms with van der Waals surface area (Å²) in [4.78, 5) is 10.8. The predicted octanol–water partition coefficient (Wildman–Crippen LogP) is -0.271. The second-order valence-corrected chi connectivity index (χ2v) is 2.88.